The number of nitrogens with one attached hydrogen (secondary N) is 1. The van der Waals surface area contributed by atoms with E-state index in [-0.39, 0.29) is 5.82 Å². The minimum atomic E-state index is -0.437. The fourth-order valence-corrected chi connectivity index (χ4v) is 2.50. The highest BCUT2D eigenvalue weighted by atomic mass is 19.1. The molecule has 0 amide bonds. The molecule has 0 saturated heterocycles. The van der Waals surface area contributed by atoms with Crippen molar-refractivity contribution in [3.63, 3.8) is 0 Å². The first-order valence-electron chi connectivity index (χ1n) is 8.14. The lowest BCUT2D eigenvalue weighted by Crippen LogP contribution is -2.06. The largest absolute Gasteiger partial charge is 0.465 e. The van der Waals surface area contributed by atoms with Gasteiger partial charge in [0.25, 0.3) is 0 Å². The molecular weight excluding hydrogens is 329 g/mol. The van der Waals surface area contributed by atoms with E-state index in [4.69, 9.17) is 4.74 Å². The zero-order chi connectivity index (χ0) is 18.4. The number of hydrogen-bond donors (Lipinski definition) is 1. The number of rotatable bonds is 5. The molecule has 0 unspecified atom stereocenters. The third-order valence-electron chi connectivity index (χ3n) is 3.84. The monoisotopic (exact) mass is 347 g/mol. The first kappa shape index (κ1) is 17.4. The molecule has 130 valence electrons. The van der Waals surface area contributed by atoms with E-state index in [2.05, 4.69) is 5.32 Å². The average molecular weight is 347 g/mol. The van der Waals surface area contributed by atoms with Gasteiger partial charge in [-0.1, -0.05) is 48.6 Å². The Hall–Kier alpha value is -3.40. The average Bonchev–Trinajstić information content (AvgIpc) is 2.68. The van der Waals surface area contributed by atoms with Crippen LogP contribution in [0.5, 0.6) is 0 Å². The van der Waals surface area contributed by atoms with Gasteiger partial charge in [-0.25, -0.2) is 9.18 Å². The molecule has 0 aliphatic carbocycles. The first-order chi connectivity index (χ1) is 12.7. The number of hydrogen-bond acceptors (Lipinski definition) is 3. The van der Waals surface area contributed by atoms with Gasteiger partial charge in [0, 0.05) is 5.69 Å². The Morgan fingerprint density at radius 3 is 2.31 bits per heavy atom. The van der Waals surface area contributed by atoms with Crippen LogP contribution in [-0.4, -0.2) is 13.1 Å². The maximum atomic E-state index is 13.1. The van der Waals surface area contributed by atoms with E-state index in [1.54, 1.807) is 18.2 Å². The zero-order valence-electron chi connectivity index (χ0n) is 14.3. The lowest BCUT2D eigenvalue weighted by molar-refractivity contribution is 0.0602. The molecule has 0 aliphatic rings. The van der Waals surface area contributed by atoms with Gasteiger partial charge in [-0.3, -0.25) is 0 Å². The quantitative estimate of drug-likeness (QED) is 0.487. The standard InChI is InChI=1S/C22H18FNO2/c1-26-22(25)20-14-9-17(8-7-16-5-3-2-4-6-16)15-21(20)24-19-12-10-18(23)11-13-19/h2-15,24H,1H3. The van der Waals surface area contributed by atoms with Crippen LogP contribution in [-0.2, 0) is 4.74 Å². The molecule has 0 atom stereocenters. The molecule has 0 spiro atoms. The van der Waals surface area contributed by atoms with Gasteiger partial charge >= 0.3 is 5.97 Å². The number of methoxy groups -OCH3 is 1. The van der Waals surface area contributed by atoms with Gasteiger partial charge in [-0.15, -0.1) is 0 Å². The summed E-state index contributed by atoms with van der Waals surface area (Å²) in [6.45, 7) is 0. The van der Waals surface area contributed by atoms with Gasteiger partial charge in [0.05, 0.1) is 18.4 Å². The lowest BCUT2D eigenvalue weighted by Gasteiger charge is -2.12. The Morgan fingerprint density at radius 2 is 1.62 bits per heavy atom. The topological polar surface area (TPSA) is 38.3 Å². The summed E-state index contributed by atoms with van der Waals surface area (Å²) < 4.78 is 17.9. The zero-order valence-corrected chi connectivity index (χ0v) is 14.3. The Morgan fingerprint density at radius 1 is 0.923 bits per heavy atom. The molecule has 4 heteroatoms. The third-order valence-corrected chi connectivity index (χ3v) is 3.84. The predicted octanol–water partition coefficient (Wildman–Crippen LogP) is 5.53. The molecule has 0 aromatic heterocycles. The summed E-state index contributed by atoms with van der Waals surface area (Å²) in [6, 6.07) is 21.3. The van der Waals surface area contributed by atoms with Crippen LogP contribution in [0.3, 0.4) is 0 Å². The van der Waals surface area contributed by atoms with E-state index in [1.165, 1.54) is 19.2 Å². The maximum Gasteiger partial charge on any atom is 0.339 e. The first-order valence-corrected chi connectivity index (χ1v) is 8.14. The van der Waals surface area contributed by atoms with Gasteiger partial charge < -0.3 is 10.1 Å². The highest BCUT2D eigenvalue weighted by molar-refractivity contribution is 5.97. The number of esters is 1. The van der Waals surface area contributed by atoms with Crippen LogP contribution in [0.25, 0.3) is 12.2 Å². The Balaban J connectivity index is 1.92. The Kier molecular flexibility index (Phi) is 5.44. The second-order valence-electron chi connectivity index (χ2n) is 5.67. The number of halogens is 1. The lowest BCUT2D eigenvalue weighted by atomic mass is 10.1. The minimum absolute atomic E-state index is 0.316. The molecule has 0 heterocycles. The molecule has 3 nitrogen and oxygen atoms in total. The normalized spacial score (nSPS) is 10.7. The van der Waals surface area contributed by atoms with Crippen LogP contribution in [0.1, 0.15) is 21.5 Å². The van der Waals surface area contributed by atoms with Crippen molar-refractivity contribution >= 4 is 29.5 Å². The molecule has 3 aromatic carbocycles. The number of carbonyl (C=O) groups is 1. The highest BCUT2D eigenvalue weighted by Crippen LogP contribution is 2.24. The van der Waals surface area contributed by atoms with Crippen molar-refractivity contribution < 1.29 is 13.9 Å². The van der Waals surface area contributed by atoms with Crippen LogP contribution in [0.15, 0.2) is 72.8 Å². The van der Waals surface area contributed by atoms with Gasteiger partial charge in [0.15, 0.2) is 0 Å². The van der Waals surface area contributed by atoms with E-state index in [0.29, 0.717) is 16.9 Å². The SMILES string of the molecule is COC(=O)c1ccc(C=Cc2ccccc2)cc1Nc1ccc(F)cc1. The Bertz CT molecular complexity index is 919. The second-order valence-corrected chi connectivity index (χ2v) is 5.67. The van der Waals surface area contributed by atoms with Crippen molar-refractivity contribution in [3.05, 3.63) is 95.3 Å². The van der Waals surface area contributed by atoms with Crippen molar-refractivity contribution in [1.29, 1.82) is 0 Å². The van der Waals surface area contributed by atoms with Crippen molar-refractivity contribution in [1.82, 2.24) is 0 Å². The van der Waals surface area contributed by atoms with Gasteiger partial charge in [-0.2, -0.15) is 0 Å². The smallest absolute Gasteiger partial charge is 0.339 e. The van der Waals surface area contributed by atoms with E-state index < -0.39 is 5.97 Å². The number of anilines is 2. The van der Waals surface area contributed by atoms with E-state index >= 15 is 0 Å². The number of benzene rings is 3. The van der Waals surface area contributed by atoms with Crippen LogP contribution >= 0.6 is 0 Å². The highest BCUT2D eigenvalue weighted by Gasteiger charge is 2.12. The molecule has 3 aromatic rings. The summed E-state index contributed by atoms with van der Waals surface area (Å²) in [5, 5.41) is 3.15. The van der Waals surface area contributed by atoms with E-state index in [0.717, 1.165) is 11.1 Å². The molecule has 0 aliphatic heterocycles. The Labute approximate surface area is 151 Å². The molecule has 3 rings (SSSR count). The van der Waals surface area contributed by atoms with Crippen molar-refractivity contribution in [2.75, 3.05) is 12.4 Å². The number of ether oxygens (including phenoxy) is 1. The summed E-state index contributed by atoms with van der Waals surface area (Å²) in [6.07, 6.45) is 3.96. The molecule has 0 radical (unpaired) electrons. The van der Waals surface area contributed by atoms with Gasteiger partial charge in [0.1, 0.15) is 5.82 Å². The summed E-state index contributed by atoms with van der Waals surface area (Å²) in [5.74, 6) is -0.753. The summed E-state index contributed by atoms with van der Waals surface area (Å²) in [7, 11) is 1.34. The second kappa shape index (κ2) is 8.12. The van der Waals surface area contributed by atoms with Crippen LogP contribution in [0, 0.1) is 5.82 Å². The van der Waals surface area contributed by atoms with Crippen molar-refractivity contribution in [2.45, 2.75) is 0 Å². The van der Waals surface area contributed by atoms with E-state index in [1.807, 2.05) is 54.6 Å². The van der Waals surface area contributed by atoms with Crippen LogP contribution < -0.4 is 5.32 Å². The van der Waals surface area contributed by atoms with Crippen molar-refractivity contribution in [3.8, 4) is 0 Å². The van der Waals surface area contributed by atoms with Gasteiger partial charge in [0.2, 0.25) is 0 Å². The summed E-state index contributed by atoms with van der Waals surface area (Å²) in [5.41, 5.74) is 3.69. The number of carbonyl (C=O) groups excluding carboxylic acids is 1. The van der Waals surface area contributed by atoms with Crippen molar-refractivity contribution in [2.24, 2.45) is 0 Å². The molecule has 1 N–H and O–H groups in total. The molecular formula is C22H18FNO2. The molecule has 26 heavy (non-hydrogen) atoms. The predicted molar refractivity (Wildman–Crippen MR) is 103 cm³/mol. The third kappa shape index (κ3) is 4.36. The maximum absolute atomic E-state index is 13.1. The molecule has 0 bridgehead atoms. The van der Waals surface area contributed by atoms with Crippen LogP contribution in [0.4, 0.5) is 15.8 Å². The van der Waals surface area contributed by atoms with E-state index in [9.17, 15) is 9.18 Å². The van der Waals surface area contributed by atoms with Crippen LogP contribution in [0.2, 0.25) is 0 Å². The molecule has 0 saturated carbocycles. The fourth-order valence-electron chi connectivity index (χ4n) is 2.50. The summed E-state index contributed by atoms with van der Waals surface area (Å²) >= 11 is 0. The minimum Gasteiger partial charge on any atom is -0.465 e. The molecule has 0 fully saturated rings. The fraction of sp³-hybridized carbons (Fsp3) is 0.0455. The van der Waals surface area contributed by atoms with Gasteiger partial charge in [-0.05, 0) is 47.5 Å². The summed E-state index contributed by atoms with van der Waals surface area (Å²) in [4.78, 5) is 12.0.